The van der Waals surface area contributed by atoms with Crippen LogP contribution < -0.4 is 20.1 Å². The number of benzene rings is 2. The Morgan fingerprint density at radius 3 is 2.61 bits per heavy atom. The van der Waals surface area contributed by atoms with E-state index >= 15 is 0 Å². The Hall–Kier alpha value is -4.86. The zero-order valence-corrected chi connectivity index (χ0v) is 23.7. The van der Waals surface area contributed by atoms with Gasteiger partial charge in [-0.1, -0.05) is 19.1 Å². The summed E-state index contributed by atoms with van der Waals surface area (Å²) in [6.07, 6.45) is -0.195. The van der Waals surface area contributed by atoms with Crippen molar-refractivity contribution in [3.63, 3.8) is 0 Å². The molecule has 2 amide bonds. The third-order valence-corrected chi connectivity index (χ3v) is 7.21. The second kappa shape index (κ2) is 12.4. The maximum atomic E-state index is 13.6. The second-order valence-corrected chi connectivity index (χ2v) is 10.1. The number of amides is 2. The Morgan fingerprint density at radius 1 is 1.07 bits per heavy atom. The van der Waals surface area contributed by atoms with E-state index in [-0.39, 0.29) is 23.7 Å². The molecular weight excluding hydrogens is 579 g/mol. The minimum absolute atomic E-state index is 0.0509. The van der Waals surface area contributed by atoms with Crippen molar-refractivity contribution in [1.82, 2.24) is 24.8 Å². The summed E-state index contributed by atoms with van der Waals surface area (Å²) in [7, 11) is 1.46. The zero-order valence-electron chi connectivity index (χ0n) is 23.7. The number of hydrogen-bond acceptors (Lipinski definition) is 10. The smallest absolute Gasteiger partial charge is 0.339 e. The van der Waals surface area contributed by atoms with Gasteiger partial charge in [0.1, 0.15) is 54.1 Å². The first-order valence-corrected chi connectivity index (χ1v) is 13.8. The van der Waals surface area contributed by atoms with Crippen LogP contribution in [0.2, 0.25) is 0 Å². The topological polar surface area (TPSA) is 168 Å². The number of nitrogens with zero attached hydrogens (tertiary/aromatic N) is 4. The van der Waals surface area contributed by atoms with Crippen LogP contribution in [0.15, 0.2) is 55.1 Å². The highest BCUT2D eigenvalue weighted by Gasteiger charge is 2.54. The highest BCUT2D eigenvalue weighted by molar-refractivity contribution is 5.95. The Labute approximate surface area is 250 Å². The molecule has 4 aromatic rings. The van der Waals surface area contributed by atoms with E-state index in [0.29, 0.717) is 29.0 Å². The molecule has 3 N–H and O–H groups in total. The van der Waals surface area contributed by atoms with Crippen LogP contribution in [0, 0.1) is 5.82 Å². The molecule has 0 spiro atoms. The molecule has 14 nitrogen and oxygen atoms in total. The zero-order chi connectivity index (χ0) is 30.8. The van der Waals surface area contributed by atoms with E-state index in [1.165, 1.54) is 50.1 Å². The minimum atomic E-state index is -1.17. The predicted molar refractivity (Wildman–Crippen MR) is 151 cm³/mol. The molecule has 2 saturated heterocycles. The van der Waals surface area contributed by atoms with E-state index in [9.17, 15) is 19.1 Å². The van der Waals surface area contributed by atoms with Crippen molar-refractivity contribution in [3.05, 3.63) is 72.1 Å². The van der Waals surface area contributed by atoms with Crippen molar-refractivity contribution in [1.29, 1.82) is 0 Å². The van der Waals surface area contributed by atoms with Crippen molar-refractivity contribution in [2.75, 3.05) is 25.6 Å². The van der Waals surface area contributed by atoms with Gasteiger partial charge in [-0.25, -0.2) is 28.9 Å². The fourth-order valence-electron chi connectivity index (χ4n) is 5.09. The first-order chi connectivity index (χ1) is 21.4. The summed E-state index contributed by atoms with van der Waals surface area (Å²) in [5, 5.41) is 15.1. The van der Waals surface area contributed by atoms with Gasteiger partial charge in [0.15, 0.2) is 29.5 Å². The van der Waals surface area contributed by atoms with Crippen LogP contribution in [0.5, 0.6) is 11.5 Å². The quantitative estimate of drug-likeness (QED) is 0.240. The molecule has 44 heavy (non-hydrogen) atoms. The number of nitrogens with one attached hydrogen (secondary N) is 2. The molecule has 6 rings (SSSR count). The summed E-state index contributed by atoms with van der Waals surface area (Å²) in [5.74, 6) is -0.845. The summed E-state index contributed by atoms with van der Waals surface area (Å²) < 4.78 is 45.4. The molecule has 0 aliphatic carbocycles. The van der Waals surface area contributed by atoms with Crippen molar-refractivity contribution >= 4 is 29.0 Å². The first-order valence-electron chi connectivity index (χ1n) is 13.8. The lowest BCUT2D eigenvalue weighted by atomic mass is 10.1. The number of methoxy groups -OCH3 is 1. The van der Waals surface area contributed by atoms with Gasteiger partial charge in [-0.05, 0) is 30.7 Å². The summed E-state index contributed by atoms with van der Waals surface area (Å²) in [5.41, 5.74) is 1.24. The molecule has 0 radical (unpaired) electrons. The monoisotopic (exact) mass is 608 g/mol. The number of aromatic nitrogens is 4. The molecule has 0 saturated carbocycles. The summed E-state index contributed by atoms with van der Waals surface area (Å²) in [4.78, 5) is 37.1. The van der Waals surface area contributed by atoms with E-state index in [1.807, 2.05) is 6.92 Å². The number of halogens is 1. The lowest BCUT2D eigenvalue weighted by Gasteiger charge is -2.22. The van der Waals surface area contributed by atoms with E-state index in [2.05, 4.69) is 25.6 Å². The van der Waals surface area contributed by atoms with Gasteiger partial charge < -0.3 is 34.1 Å². The van der Waals surface area contributed by atoms with Crippen LogP contribution >= 0.6 is 0 Å². The molecule has 2 aromatic heterocycles. The van der Waals surface area contributed by atoms with Crippen LogP contribution in [0.3, 0.4) is 0 Å². The largest absolute Gasteiger partial charge is 0.497 e. The standard InChI is InChI=1S/C29H29FN6O8/c1-3-10-31-29(39)35-24-21-25(33-13-32-24)36(14-34-21)26-23-22(43-28(44-23)15-4-6-16(30)7-5-15)20(42-26)12-41-19-11-17(40-2)8-9-18(19)27(37)38/h4-9,11,13-14,20,22-23,26,28H,3,10,12H2,1-2H3,(H,37,38)(H2,31,32,33,35,39)/t20?,22?,23?,26?,28-/m0/s1. The molecule has 2 fully saturated rings. The van der Waals surface area contributed by atoms with Crippen LogP contribution in [-0.4, -0.2) is 75.2 Å². The van der Waals surface area contributed by atoms with Gasteiger partial charge in [0.2, 0.25) is 0 Å². The third-order valence-electron chi connectivity index (χ3n) is 7.21. The van der Waals surface area contributed by atoms with Crippen LogP contribution in [0.1, 0.15) is 41.8 Å². The molecule has 4 heterocycles. The van der Waals surface area contributed by atoms with Gasteiger partial charge in [0.25, 0.3) is 0 Å². The van der Waals surface area contributed by atoms with E-state index in [1.54, 1.807) is 16.7 Å². The number of anilines is 1. The number of carboxylic acid groups (broad SMARTS) is 1. The van der Waals surface area contributed by atoms with Crippen molar-refractivity contribution in [2.24, 2.45) is 0 Å². The molecule has 15 heteroatoms. The van der Waals surface area contributed by atoms with E-state index in [4.69, 9.17) is 23.7 Å². The van der Waals surface area contributed by atoms with E-state index < -0.39 is 48.6 Å². The molecule has 0 bridgehead atoms. The number of fused-ring (bicyclic) bond motifs is 2. The number of urea groups is 1. The lowest BCUT2D eigenvalue weighted by molar-refractivity contribution is -0.152. The predicted octanol–water partition coefficient (Wildman–Crippen LogP) is 3.66. The SMILES string of the molecule is CCCNC(=O)Nc1ncnc2c1ncn2C1OC(COc2cc(OC)ccc2C(=O)O)C2O[C@H](c3ccc(F)cc3)OC21. The van der Waals surface area contributed by atoms with Crippen molar-refractivity contribution in [3.8, 4) is 11.5 Å². The average Bonchev–Trinajstić information content (AvgIpc) is 3.74. The third kappa shape index (κ3) is 5.71. The molecule has 2 aliphatic heterocycles. The molecule has 2 aromatic carbocycles. The maximum Gasteiger partial charge on any atom is 0.339 e. The van der Waals surface area contributed by atoms with Crippen LogP contribution in [0.4, 0.5) is 15.0 Å². The first kappa shape index (κ1) is 29.2. The van der Waals surface area contributed by atoms with Gasteiger partial charge >= 0.3 is 12.0 Å². The number of aromatic carboxylic acids is 1. The summed E-state index contributed by atoms with van der Waals surface area (Å²) in [6.45, 7) is 2.33. The fraction of sp³-hybridized carbons (Fsp3) is 0.345. The number of ether oxygens (including phenoxy) is 5. The molecule has 5 atom stereocenters. The number of rotatable bonds is 10. The molecule has 4 unspecified atom stereocenters. The molecule has 230 valence electrons. The van der Waals surface area contributed by atoms with Gasteiger partial charge in [-0.3, -0.25) is 9.88 Å². The van der Waals surface area contributed by atoms with Crippen molar-refractivity contribution in [2.45, 2.75) is 44.2 Å². The highest BCUT2D eigenvalue weighted by Crippen LogP contribution is 2.45. The Morgan fingerprint density at radius 2 is 1.86 bits per heavy atom. The van der Waals surface area contributed by atoms with Crippen molar-refractivity contribution < 1.29 is 42.8 Å². The molecule has 2 aliphatic rings. The number of imidazole rings is 1. The molecular formula is C29H29FN6O8. The van der Waals surface area contributed by atoms with Gasteiger partial charge in [-0.2, -0.15) is 0 Å². The number of carbonyl (C=O) groups excluding carboxylic acids is 1. The average molecular weight is 609 g/mol. The second-order valence-electron chi connectivity index (χ2n) is 10.1. The normalized spacial score (nSPS) is 22.5. The Kier molecular flexibility index (Phi) is 8.23. The van der Waals surface area contributed by atoms with Gasteiger partial charge in [0.05, 0.1) is 13.4 Å². The Bertz CT molecular complexity index is 1670. The minimum Gasteiger partial charge on any atom is -0.497 e. The Balaban J connectivity index is 1.30. The lowest BCUT2D eigenvalue weighted by Crippen LogP contribution is -2.33. The maximum absolute atomic E-state index is 13.6. The van der Waals surface area contributed by atoms with Crippen LogP contribution in [-0.2, 0) is 14.2 Å². The van der Waals surface area contributed by atoms with Gasteiger partial charge in [-0.15, -0.1) is 0 Å². The highest BCUT2D eigenvalue weighted by atomic mass is 19.1. The fourth-order valence-corrected chi connectivity index (χ4v) is 5.09. The van der Waals surface area contributed by atoms with Gasteiger partial charge in [0, 0.05) is 18.2 Å². The number of carboxylic acids is 1. The summed E-state index contributed by atoms with van der Waals surface area (Å²) >= 11 is 0. The number of carbonyl (C=O) groups is 2. The number of hydrogen-bond donors (Lipinski definition) is 3. The summed E-state index contributed by atoms with van der Waals surface area (Å²) in [6, 6.07) is 9.73. The van der Waals surface area contributed by atoms with Crippen LogP contribution in [0.25, 0.3) is 11.2 Å². The van der Waals surface area contributed by atoms with E-state index in [0.717, 1.165) is 6.42 Å².